The second-order valence-electron chi connectivity index (χ2n) is 4.71. The molecule has 2 aliphatic heterocycles. The van der Waals surface area contributed by atoms with E-state index in [4.69, 9.17) is 0 Å². The molecular formula is C11H17N5O. The van der Waals surface area contributed by atoms with Gasteiger partial charge in [-0.2, -0.15) is 0 Å². The molecule has 1 aromatic heterocycles. The van der Waals surface area contributed by atoms with Crippen LogP contribution in [0.4, 0.5) is 5.95 Å². The molecule has 0 unspecified atom stereocenters. The summed E-state index contributed by atoms with van der Waals surface area (Å²) in [6.07, 6.45) is 0. The maximum absolute atomic E-state index is 11.9. The van der Waals surface area contributed by atoms with Gasteiger partial charge < -0.3 is 15.1 Å². The van der Waals surface area contributed by atoms with Crippen LogP contribution in [0.15, 0.2) is 4.79 Å². The summed E-state index contributed by atoms with van der Waals surface area (Å²) in [7, 11) is 2.11. The number of hydrogen-bond donors (Lipinski definition) is 2. The van der Waals surface area contributed by atoms with Gasteiger partial charge in [-0.05, 0) is 7.05 Å². The number of aromatic amines is 1. The number of rotatable bonds is 1. The number of hydrogen-bond acceptors (Lipinski definition) is 5. The van der Waals surface area contributed by atoms with Crippen molar-refractivity contribution in [2.75, 3.05) is 38.1 Å². The average molecular weight is 235 g/mol. The van der Waals surface area contributed by atoms with Gasteiger partial charge in [0.05, 0.1) is 11.3 Å². The Morgan fingerprint density at radius 3 is 2.71 bits per heavy atom. The average Bonchev–Trinajstić information content (AvgIpc) is 2.78. The summed E-state index contributed by atoms with van der Waals surface area (Å²) in [5.41, 5.74) is 1.71. The highest BCUT2D eigenvalue weighted by molar-refractivity contribution is 5.35. The molecule has 92 valence electrons. The molecule has 6 nitrogen and oxygen atoms in total. The smallest absolute Gasteiger partial charge is 0.257 e. The minimum Gasteiger partial charge on any atom is -0.340 e. The lowest BCUT2D eigenvalue weighted by Crippen LogP contribution is -2.45. The predicted molar refractivity (Wildman–Crippen MR) is 65.1 cm³/mol. The zero-order valence-electron chi connectivity index (χ0n) is 9.99. The summed E-state index contributed by atoms with van der Waals surface area (Å²) in [5.74, 6) is 0.727. The fraction of sp³-hybridized carbons (Fsp3) is 0.636. The van der Waals surface area contributed by atoms with Crippen molar-refractivity contribution in [3.05, 3.63) is 21.6 Å². The number of nitrogens with zero attached hydrogens (tertiary/aromatic N) is 3. The zero-order chi connectivity index (χ0) is 11.8. The van der Waals surface area contributed by atoms with Crippen LogP contribution >= 0.6 is 0 Å². The van der Waals surface area contributed by atoms with Crippen molar-refractivity contribution < 1.29 is 0 Å². The maximum Gasteiger partial charge on any atom is 0.257 e. The van der Waals surface area contributed by atoms with Crippen molar-refractivity contribution in [3.8, 4) is 0 Å². The van der Waals surface area contributed by atoms with Crippen LogP contribution in [0, 0.1) is 0 Å². The number of fused-ring (bicyclic) bond motifs is 1. The topological polar surface area (TPSA) is 64.3 Å². The first-order valence-electron chi connectivity index (χ1n) is 6.00. The SMILES string of the molecule is CN1CCN(c2nc3c(c(=O)[nH]2)CNC3)CC1. The van der Waals surface area contributed by atoms with Crippen molar-refractivity contribution in [1.82, 2.24) is 20.2 Å². The van der Waals surface area contributed by atoms with E-state index in [1.807, 2.05) is 0 Å². The molecule has 1 saturated heterocycles. The Kier molecular flexibility index (Phi) is 2.60. The van der Waals surface area contributed by atoms with Crippen LogP contribution in [-0.2, 0) is 13.1 Å². The van der Waals surface area contributed by atoms with E-state index in [1.165, 1.54) is 0 Å². The third kappa shape index (κ3) is 1.94. The van der Waals surface area contributed by atoms with Crippen LogP contribution in [0.25, 0.3) is 0 Å². The summed E-state index contributed by atoms with van der Waals surface area (Å²) in [5, 5.41) is 3.16. The van der Waals surface area contributed by atoms with Gasteiger partial charge in [0.2, 0.25) is 5.95 Å². The Hall–Kier alpha value is -1.40. The van der Waals surface area contributed by atoms with Gasteiger partial charge in [-0.15, -0.1) is 0 Å². The number of H-pyrrole nitrogens is 1. The first-order valence-corrected chi connectivity index (χ1v) is 6.00. The van der Waals surface area contributed by atoms with E-state index in [-0.39, 0.29) is 5.56 Å². The van der Waals surface area contributed by atoms with E-state index >= 15 is 0 Å². The van der Waals surface area contributed by atoms with Crippen LogP contribution in [-0.4, -0.2) is 48.1 Å². The molecule has 1 aromatic rings. The van der Waals surface area contributed by atoms with Crippen LogP contribution in [0.2, 0.25) is 0 Å². The van der Waals surface area contributed by atoms with Crippen molar-refractivity contribution >= 4 is 5.95 Å². The summed E-state index contributed by atoms with van der Waals surface area (Å²) in [6, 6.07) is 0. The predicted octanol–water partition coefficient (Wildman–Crippen LogP) is -0.875. The van der Waals surface area contributed by atoms with Crippen molar-refractivity contribution in [2.45, 2.75) is 13.1 Å². The maximum atomic E-state index is 11.9. The molecule has 17 heavy (non-hydrogen) atoms. The van der Waals surface area contributed by atoms with Crippen molar-refractivity contribution in [2.24, 2.45) is 0 Å². The molecule has 3 heterocycles. The lowest BCUT2D eigenvalue weighted by molar-refractivity contribution is 0.311. The Morgan fingerprint density at radius 1 is 1.18 bits per heavy atom. The van der Waals surface area contributed by atoms with Crippen LogP contribution in [0.1, 0.15) is 11.3 Å². The molecule has 1 fully saturated rings. The van der Waals surface area contributed by atoms with Crippen LogP contribution in [0.5, 0.6) is 0 Å². The van der Waals surface area contributed by atoms with Gasteiger partial charge in [-0.25, -0.2) is 4.98 Å². The van der Waals surface area contributed by atoms with E-state index in [0.717, 1.165) is 43.4 Å². The molecule has 0 atom stereocenters. The third-order valence-electron chi connectivity index (χ3n) is 3.49. The fourth-order valence-corrected chi connectivity index (χ4v) is 2.33. The largest absolute Gasteiger partial charge is 0.340 e. The van der Waals surface area contributed by atoms with Crippen molar-refractivity contribution in [3.63, 3.8) is 0 Å². The van der Waals surface area contributed by atoms with E-state index in [1.54, 1.807) is 0 Å². The minimum atomic E-state index is 0.00827. The second-order valence-corrected chi connectivity index (χ2v) is 4.71. The Bertz CT molecular complexity index is 475. The highest BCUT2D eigenvalue weighted by Crippen LogP contribution is 2.13. The van der Waals surface area contributed by atoms with Crippen molar-refractivity contribution in [1.29, 1.82) is 0 Å². The van der Waals surface area contributed by atoms with Gasteiger partial charge in [0, 0.05) is 39.3 Å². The molecule has 2 N–H and O–H groups in total. The highest BCUT2D eigenvalue weighted by atomic mass is 16.1. The standard InChI is InChI=1S/C11H17N5O/c1-15-2-4-16(5-3-15)11-13-9-7-12-6-8(9)10(17)14-11/h12H,2-7H2,1H3,(H,13,14,17). The fourth-order valence-electron chi connectivity index (χ4n) is 2.33. The normalized spacial score (nSPS) is 20.6. The Balaban J connectivity index is 1.89. The molecule has 0 amide bonds. The monoisotopic (exact) mass is 235 g/mol. The molecule has 0 bridgehead atoms. The quantitative estimate of drug-likeness (QED) is 0.662. The number of anilines is 1. The van der Waals surface area contributed by atoms with Gasteiger partial charge in [-0.1, -0.05) is 0 Å². The lowest BCUT2D eigenvalue weighted by Gasteiger charge is -2.32. The summed E-state index contributed by atoms with van der Waals surface area (Å²) >= 11 is 0. The van der Waals surface area contributed by atoms with Crippen LogP contribution in [0.3, 0.4) is 0 Å². The zero-order valence-corrected chi connectivity index (χ0v) is 9.99. The number of nitrogens with one attached hydrogen (secondary N) is 2. The molecule has 0 saturated carbocycles. The molecule has 0 spiro atoms. The molecule has 0 aliphatic carbocycles. The molecule has 3 rings (SSSR count). The third-order valence-corrected chi connectivity index (χ3v) is 3.49. The van der Waals surface area contributed by atoms with E-state index in [0.29, 0.717) is 13.1 Å². The summed E-state index contributed by atoms with van der Waals surface area (Å²) < 4.78 is 0. The Morgan fingerprint density at radius 2 is 1.94 bits per heavy atom. The van der Waals surface area contributed by atoms with Gasteiger partial charge in [-0.3, -0.25) is 9.78 Å². The number of likely N-dealkylation sites (N-methyl/N-ethyl adjacent to an activating group) is 1. The van der Waals surface area contributed by atoms with E-state index < -0.39 is 0 Å². The molecule has 6 heteroatoms. The molecule has 0 aromatic carbocycles. The minimum absolute atomic E-state index is 0.00827. The van der Waals surface area contributed by atoms with Gasteiger partial charge >= 0.3 is 0 Å². The highest BCUT2D eigenvalue weighted by Gasteiger charge is 2.21. The summed E-state index contributed by atoms with van der Waals surface area (Å²) in [4.78, 5) is 23.7. The molecular weight excluding hydrogens is 218 g/mol. The first kappa shape index (κ1) is 10.7. The lowest BCUT2D eigenvalue weighted by atomic mass is 10.3. The molecule has 2 aliphatic rings. The van der Waals surface area contributed by atoms with Crippen LogP contribution < -0.4 is 15.8 Å². The van der Waals surface area contributed by atoms with E-state index in [9.17, 15) is 4.79 Å². The first-order chi connectivity index (χ1) is 8.24. The number of piperazine rings is 1. The molecule has 0 radical (unpaired) electrons. The van der Waals surface area contributed by atoms with Gasteiger partial charge in [0.15, 0.2) is 0 Å². The summed E-state index contributed by atoms with van der Waals surface area (Å²) in [6.45, 7) is 5.22. The second kappa shape index (κ2) is 4.12. The van der Waals surface area contributed by atoms with E-state index in [2.05, 4.69) is 32.1 Å². The van der Waals surface area contributed by atoms with Gasteiger partial charge in [0.1, 0.15) is 0 Å². The van der Waals surface area contributed by atoms with Gasteiger partial charge in [0.25, 0.3) is 5.56 Å². The number of aromatic nitrogens is 2. The Labute approximate surface area is 99.6 Å².